The van der Waals surface area contributed by atoms with Crippen LogP contribution in [-0.2, 0) is 4.74 Å². The minimum Gasteiger partial charge on any atom is -0.460 e. The molecule has 0 bridgehead atoms. The Hall–Kier alpha value is -1.97. The summed E-state index contributed by atoms with van der Waals surface area (Å²) in [7, 11) is 0. The van der Waals surface area contributed by atoms with E-state index in [0.29, 0.717) is 6.61 Å². The van der Waals surface area contributed by atoms with E-state index in [1.807, 2.05) is 25.1 Å². The Morgan fingerprint density at radius 1 is 1.44 bits per heavy atom. The first-order valence-corrected chi connectivity index (χ1v) is 5.11. The smallest absolute Gasteiger partial charge is 0.376 e. The van der Waals surface area contributed by atoms with E-state index in [9.17, 15) is 4.79 Å². The number of aryl methyl sites for hydroxylation is 1. The number of carbonyl (C=O) groups is 1. The molecule has 0 saturated heterocycles. The molecule has 0 fully saturated rings. The van der Waals surface area contributed by atoms with Crippen LogP contribution >= 0.6 is 0 Å². The van der Waals surface area contributed by atoms with Gasteiger partial charge in [-0.05, 0) is 26.0 Å². The van der Waals surface area contributed by atoms with Gasteiger partial charge < -0.3 is 4.74 Å². The first-order valence-electron chi connectivity index (χ1n) is 5.11. The monoisotopic (exact) mass is 216 g/mol. The molecule has 0 saturated carbocycles. The van der Waals surface area contributed by atoms with E-state index in [2.05, 4.69) is 9.97 Å². The van der Waals surface area contributed by atoms with Crippen molar-refractivity contribution in [2.24, 2.45) is 0 Å². The Bertz CT molecular complexity index is 538. The van der Waals surface area contributed by atoms with Crippen LogP contribution in [-0.4, -0.2) is 22.5 Å². The molecule has 1 aromatic heterocycles. The number of esters is 1. The van der Waals surface area contributed by atoms with E-state index >= 15 is 0 Å². The van der Waals surface area contributed by atoms with E-state index in [4.69, 9.17) is 4.74 Å². The van der Waals surface area contributed by atoms with Crippen LogP contribution in [0.5, 0.6) is 0 Å². The third kappa shape index (κ3) is 2.00. The van der Waals surface area contributed by atoms with Crippen molar-refractivity contribution in [3.05, 3.63) is 35.8 Å². The van der Waals surface area contributed by atoms with Crippen molar-refractivity contribution in [2.45, 2.75) is 13.8 Å². The van der Waals surface area contributed by atoms with Gasteiger partial charge in [-0.25, -0.2) is 14.8 Å². The number of rotatable bonds is 2. The van der Waals surface area contributed by atoms with Gasteiger partial charge in [0.25, 0.3) is 0 Å². The second-order valence-corrected chi connectivity index (χ2v) is 3.48. The van der Waals surface area contributed by atoms with Crippen molar-refractivity contribution < 1.29 is 9.53 Å². The van der Waals surface area contributed by atoms with Crippen molar-refractivity contribution in [2.75, 3.05) is 6.61 Å². The van der Waals surface area contributed by atoms with Crippen LogP contribution in [0.15, 0.2) is 24.4 Å². The highest BCUT2D eigenvalue weighted by atomic mass is 16.5. The first kappa shape index (κ1) is 10.5. The highest BCUT2D eigenvalue weighted by Gasteiger charge is 2.10. The lowest BCUT2D eigenvalue weighted by atomic mass is 10.2. The number of hydrogen-bond acceptors (Lipinski definition) is 4. The zero-order valence-electron chi connectivity index (χ0n) is 9.23. The zero-order chi connectivity index (χ0) is 11.5. The quantitative estimate of drug-likeness (QED) is 0.721. The standard InChI is InChI=1S/C12H12N2O2/c1-3-16-12(15)11-13-7-9-6-8(2)4-5-10(9)14-11/h4-7H,3H2,1-2H3. The molecular formula is C12H12N2O2. The maximum Gasteiger partial charge on any atom is 0.376 e. The number of fused-ring (bicyclic) bond motifs is 1. The lowest BCUT2D eigenvalue weighted by molar-refractivity contribution is 0.0512. The maximum atomic E-state index is 11.4. The summed E-state index contributed by atoms with van der Waals surface area (Å²) in [5.74, 6) is -0.372. The zero-order valence-corrected chi connectivity index (χ0v) is 9.23. The number of nitrogens with zero attached hydrogens (tertiary/aromatic N) is 2. The Morgan fingerprint density at radius 3 is 3.00 bits per heavy atom. The molecule has 0 aliphatic carbocycles. The molecular weight excluding hydrogens is 204 g/mol. The summed E-state index contributed by atoms with van der Waals surface area (Å²) in [4.78, 5) is 19.5. The Kier molecular flexibility index (Phi) is 2.81. The molecule has 0 aliphatic rings. The van der Waals surface area contributed by atoms with E-state index in [1.165, 1.54) is 0 Å². The van der Waals surface area contributed by atoms with Crippen LogP contribution in [0.25, 0.3) is 10.9 Å². The molecule has 0 atom stereocenters. The van der Waals surface area contributed by atoms with Gasteiger partial charge >= 0.3 is 5.97 Å². The summed E-state index contributed by atoms with van der Waals surface area (Å²) in [6.45, 7) is 4.08. The van der Waals surface area contributed by atoms with Crippen LogP contribution in [0.3, 0.4) is 0 Å². The minimum atomic E-state index is -0.482. The summed E-state index contributed by atoms with van der Waals surface area (Å²) >= 11 is 0. The lowest BCUT2D eigenvalue weighted by Crippen LogP contribution is -2.09. The Morgan fingerprint density at radius 2 is 2.25 bits per heavy atom. The third-order valence-corrected chi connectivity index (χ3v) is 2.19. The van der Waals surface area contributed by atoms with Crippen molar-refractivity contribution in [3.63, 3.8) is 0 Å². The Labute approximate surface area is 93.3 Å². The lowest BCUT2D eigenvalue weighted by Gasteiger charge is -2.02. The summed E-state index contributed by atoms with van der Waals surface area (Å²) in [6, 6.07) is 5.80. The molecule has 16 heavy (non-hydrogen) atoms. The number of aromatic nitrogens is 2. The average Bonchev–Trinajstić information content (AvgIpc) is 2.28. The molecule has 1 aromatic carbocycles. The summed E-state index contributed by atoms with van der Waals surface area (Å²) in [6.07, 6.45) is 1.64. The van der Waals surface area contributed by atoms with Crippen LogP contribution in [0.2, 0.25) is 0 Å². The third-order valence-electron chi connectivity index (χ3n) is 2.19. The summed E-state index contributed by atoms with van der Waals surface area (Å²) in [5, 5.41) is 0.924. The molecule has 1 heterocycles. The number of hydrogen-bond donors (Lipinski definition) is 0. The fraction of sp³-hybridized carbons (Fsp3) is 0.250. The normalized spacial score (nSPS) is 10.4. The van der Waals surface area contributed by atoms with Gasteiger partial charge in [0.2, 0.25) is 5.82 Å². The van der Waals surface area contributed by atoms with Gasteiger partial charge in [0.1, 0.15) is 0 Å². The van der Waals surface area contributed by atoms with Crippen LogP contribution in [0.4, 0.5) is 0 Å². The highest BCUT2D eigenvalue weighted by molar-refractivity contribution is 5.88. The van der Waals surface area contributed by atoms with Crippen LogP contribution < -0.4 is 0 Å². The SMILES string of the molecule is CCOC(=O)c1ncc2cc(C)ccc2n1. The predicted octanol–water partition coefficient (Wildman–Crippen LogP) is 2.11. The van der Waals surface area contributed by atoms with Gasteiger partial charge in [-0.3, -0.25) is 0 Å². The average molecular weight is 216 g/mol. The van der Waals surface area contributed by atoms with Gasteiger partial charge in [0, 0.05) is 11.6 Å². The second-order valence-electron chi connectivity index (χ2n) is 3.48. The molecule has 0 radical (unpaired) electrons. The first-order chi connectivity index (χ1) is 7.70. The van der Waals surface area contributed by atoms with Crippen molar-refractivity contribution in [3.8, 4) is 0 Å². The van der Waals surface area contributed by atoms with Crippen LogP contribution in [0.1, 0.15) is 23.1 Å². The molecule has 0 unspecified atom stereocenters. The minimum absolute atomic E-state index is 0.109. The maximum absolute atomic E-state index is 11.4. The molecule has 82 valence electrons. The molecule has 2 aromatic rings. The number of benzene rings is 1. The topological polar surface area (TPSA) is 52.1 Å². The van der Waals surface area contributed by atoms with Gasteiger partial charge in [-0.2, -0.15) is 0 Å². The molecule has 0 N–H and O–H groups in total. The molecule has 0 spiro atoms. The van der Waals surface area contributed by atoms with Crippen molar-refractivity contribution >= 4 is 16.9 Å². The van der Waals surface area contributed by atoms with Gasteiger partial charge in [0.15, 0.2) is 0 Å². The molecule has 4 heteroatoms. The highest BCUT2D eigenvalue weighted by Crippen LogP contribution is 2.12. The van der Waals surface area contributed by atoms with E-state index < -0.39 is 5.97 Å². The molecule has 0 amide bonds. The van der Waals surface area contributed by atoms with E-state index in [1.54, 1.807) is 13.1 Å². The molecule has 2 rings (SSSR count). The van der Waals surface area contributed by atoms with Crippen LogP contribution in [0, 0.1) is 6.92 Å². The van der Waals surface area contributed by atoms with Gasteiger partial charge in [-0.1, -0.05) is 11.6 Å². The van der Waals surface area contributed by atoms with E-state index in [-0.39, 0.29) is 5.82 Å². The predicted molar refractivity (Wildman–Crippen MR) is 60.2 cm³/mol. The summed E-state index contributed by atoms with van der Waals surface area (Å²) in [5.41, 5.74) is 1.89. The molecule has 4 nitrogen and oxygen atoms in total. The largest absolute Gasteiger partial charge is 0.460 e. The second kappa shape index (κ2) is 4.26. The van der Waals surface area contributed by atoms with Crippen molar-refractivity contribution in [1.82, 2.24) is 9.97 Å². The Balaban J connectivity index is 2.44. The number of ether oxygens (including phenoxy) is 1. The number of carbonyl (C=O) groups excluding carboxylic acids is 1. The van der Waals surface area contributed by atoms with E-state index in [0.717, 1.165) is 16.5 Å². The van der Waals surface area contributed by atoms with Gasteiger partial charge in [0.05, 0.1) is 12.1 Å². The van der Waals surface area contributed by atoms with Gasteiger partial charge in [-0.15, -0.1) is 0 Å². The van der Waals surface area contributed by atoms with Crippen molar-refractivity contribution in [1.29, 1.82) is 0 Å². The fourth-order valence-electron chi connectivity index (χ4n) is 1.45. The molecule has 0 aliphatic heterocycles. The fourth-order valence-corrected chi connectivity index (χ4v) is 1.45. The summed E-state index contributed by atoms with van der Waals surface area (Å²) < 4.78 is 4.84.